The number of halogens is 1. The summed E-state index contributed by atoms with van der Waals surface area (Å²) in [7, 11) is 0. The van der Waals surface area contributed by atoms with E-state index in [1.54, 1.807) is 0 Å². The van der Waals surface area contributed by atoms with Crippen molar-refractivity contribution in [2.24, 2.45) is 4.99 Å². The Morgan fingerprint density at radius 2 is 1.61 bits per heavy atom. The Bertz CT molecular complexity index is 1450. The van der Waals surface area contributed by atoms with E-state index in [-0.39, 0.29) is 6.17 Å². The second kappa shape index (κ2) is 7.98. The van der Waals surface area contributed by atoms with Gasteiger partial charge in [0.05, 0.1) is 0 Å². The minimum Gasteiger partial charge on any atom is -0.381 e. The number of nitrogens with zero attached hydrogens (tertiary/aromatic N) is 1. The number of para-hydroxylation sites is 2. The van der Waals surface area contributed by atoms with E-state index in [0.717, 1.165) is 56.9 Å². The molecule has 6 rings (SSSR count). The largest absolute Gasteiger partial charge is 0.381 e. The van der Waals surface area contributed by atoms with Crippen LogP contribution in [0.3, 0.4) is 0 Å². The average Bonchev–Trinajstić information content (AvgIpc) is 2.85. The number of fused-ring (bicyclic) bond motifs is 3. The lowest BCUT2D eigenvalue weighted by atomic mass is 9.99. The molecule has 3 N–H and O–H groups in total. The number of amidine groups is 1. The topological polar surface area (TPSA) is 48.5 Å². The lowest BCUT2D eigenvalue weighted by Crippen LogP contribution is -2.32. The summed E-state index contributed by atoms with van der Waals surface area (Å²) in [6, 6.07) is 29.0. The molecule has 2 aliphatic rings. The van der Waals surface area contributed by atoms with Crippen molar-refractivity contribution < 1.29 is 0 Å². The van der Waals surface area contributed by atoms with Crippen LogP contribution in [0.15, 0.2) is 95.5 Å². The fraction of sp³-hybridized carbons (Fsp3) is 0.107. The van der Waals surface area contributed by atoms with Crippen molar-refractivity contribution in [1.82, 2.24) is 5.32 Å². The molecule has 5 heteroatoms. The van der Waals surface area contributed by atoms with Gasteiger partial charge in [-0.3, -0.25) is 0 Å². The van der Waals surface area contributed by atoms with E-state index in [1.807, 2.05) is 30.3 Å². The first-order valence-electron chi connectivity index (χ1n) is 11.1. The molecule has 0 aromatic heterocycles. The third-order valence-electron chi connectivity index (χ3n) is 6.30. The third kappa shape index (κ3) is 3.53. The van der Waals surface area contributed by atoms with Gasteiger partial charge in [0.15, 0.2) is 0 Å². The van der Waals surface area contributed by atoms with Crippen LogP contribution >= 0.6 is 11.6 Å². The van der Waals surface area contributed by atoms with Gasteiger partial charge in [-0.25, -0.2) is 4.99 Å². The van der Waals surface area contributed by atoms with Crippen LogP contribution in [0.2, 0.25) is 5.02 Å². The van der Waals surface area contributed by atoms with Gasteiger partial charge in [0.25, 0.3) is 0 Å². The average molecular weight is 451 g/mol. The Morgan fingerprint density at radius 3 is 2.48 bits per heavy atom. The zero-order valence-electron chi connectivity index (χ0n) is 18.2. The Kier molecular flexibility index (Phi) is 4.81. The smallest absolute Gasteiger partial charge is 0.147 e. The number of nitrogens with one attached hydrogen (secondary N) is 3. The Morgan fingerprint density at radius 1 is 0.879 bits per heavy atom. The minimum absolute atomic E-state index is 0.260. The van der Waals surface area contributed by atoms with Gasteiger partial charge in [-0.1, -0.05) is 66.2 Å². The standard InChI is InChI=1S/C28H23ClN4/c1-17-16-30-24-12-6-4-10-21(24)26(17)32-27-22-11-5-7-13-25(22)31-28(33-27)23-15-19(29)14-18-8-2-3-9-20(18)23/h2-15,28,30-31H,16H2,1H3,(H,32,33). The molecule has 0 bridgehead atoms. The summed E-state index contributed by atoms with van der Waals surface area (Å²) in [5, 5.41) is 13.8. The van der Waals surface area contributed by atoms with Crippen LogP contribution in [-0.4, -0.2) is 12.4 Å². The van der Waals surface area contributed by atoms with Crippen LogP contribution in [0.25, 0.3) is 16.5 Å². The molecule has 0 radical (unpaired) electrons. The summed E-state index contributed by atoms with van der Waals surface area (Å²) in [5.41, 5.74) is 7.80. The summed E-state index contributed by atoms with van der Waals surface area (Å²) >= 11 is 6.50. The Labute approximate surface area is 198 Å². The zero-order chi connectivity index (χ0) is 22.4. The SMILES string of the molecule is CC1=C(NC2=NC(c3cc(Cl)cc4ccccc34)Nc3ccccc32)c2ccccc2NC1. The molecule has 0 saturated carbocycles. The van der Waals surface area contributed by atoms with Crippen molar-refractivity contribution in [3.05, 3.63) is 112 Å². The van der Waals surface area contributed by atoms with Gasteiger partial charge in [0.2, 0.25) is 0 Å². The summed E-state index contributed by atoms with van der Waals surface area (Å²) in [4.78, 5) is 5.17. The molecule has 162 valence electrons. The summed E-state index contributed by atoms with van der Waals surface area (Å²) in [5.74, 6) is 0.851. The summed E-state index contributed by atoms with van der Waals surface area (Å²) < 4.78 is 0. The van der Waals surface area contributed by atoms with Crippen LogP contribution in [0.4, 0.5) is 11.4 Å². The summed E-state index contributed by atoms with van der Waals surface area (Å²) in [6.07, 6.45) is -0.260. The molecule has 2 aliphatic heterocycles. The van der Waals surface area contributed by atoms with Crippen molar-refractivity contribution >= 4 is 45.3 Å². The van der Waals surface area contributed by atoms with Crippen molar-refractivity contribution in [3.8, 4) is 0 Å². The highest BCUT2D eigenvalue weighted by Crippen LogP contribution is 2.36. The maximum Gasteiger partial charge on any atom is 0.147 e. The van der Waals surface area contributed by atoms with E-state index < -0.39 is 0 Å². The molecule has 33 heavy (non-hydrogen) atoms. The van der Waals surface area contributed by atoms with Gasteiger partial charge >= 0.3 is 0 Å². The van der Waals surface area contributed by atoms with Gasteiger partial charge in [0, 0.05) is 45.3 Å². The van der Waals surface area contributed by atoms with Crippen LogP contribution < -0.4 is 16.0 Å². The van der Waals surface area contributed by atoms with Crippen LogP contribution in [0.1, 0.15) is 29.8 Å². The Hall–Kier alpha value is -3.76. The molecule has 2 heterocycles. The first kappa shape index (κ1) is 19.9. The molecule has 0 amide bonds. The first-order chi connectivity index (χ1) is 16.2. The van der Waals surface area contributed by atoms with E-state index in [0.29, 0.717) is 5.02 Å². The second-order valence-electron chi connectivity index (χ2n) is 8.47. The van der Waals surface area contributed by atoms with E-state index in [9.17, 15) is 0 Å². The van der Waals surface area contributed by atoms with Gasteiger partial charge in [-0.2, -0.15) is 0 Å². The molecular weight excluding hydrogens is 428 g/mol. The number of benzene rings is 4. The fourth-order valence-electron chi connectivity index (χ4n) is 4.66. The molecule has 0 aliphatic carbocycles. The van der Waals surface area contributed by atoms with Crippen molar-refractivity contribution in [1.29, 1.82) is 0 Å². The van der Waals surface area contributed by atoms with E-state index in [4.69, 9.17) is 16.6 Å². The highest BCUT2D eigenvalue weighted by molar-refractivity contribution is 6.31. The van der Waals surface area contributed by atoms with Gasteiger partial charge in [-0.15, -0.1) is 0 Å². The number of hydrogen-bond acceptors (Lipinski definition) is 4. The highest BCUT2D eigenvalue weighted by Gasteiger charge is 2.25. The van der Waals surface area contributed by atoms with Crippen molar-refractivity contribution in [2.45, 2.75) is 13.1 Å². The number of aliphatic imine (C=N–C) groups is 1. The zero-order valence-corrected chi connectivity index (χ0v) is 18.9. The van der Waals surface area contributed by atoms with E-state index >= 15 is 0 Å². The molecule has 1 unspecified atom stereocenters. The van der Waals surface area contributed by atoms with E-state index in [2.05, 4.69) is 77.5 Å². The van der Waals surface area contributed by atoms with Gasteiger partial charge in [-0.05, 0) is 53.6 Å². The van der Waals surface area contributed by atoms with Crippen LogP contribution in [-0.2, 0) is 0 Å². The van der Waals surface area contributed by atoms with Gasteiger partial charge in [0.1, 0.15) is 12.0 Å². The molecule has 1 atom stereocenters. The van der Waals surface area contributed by atoms with Crippen molar-refractivity contribution in [3.63, 3.8) is 0 Å². The first-order valence-corrected chi connectivity index (χ1v) is 11.5. The highest BCUT2D eigenvalue weighted by atomic mass is 35.5. The predicted octanol–water partition coefficient (Wildman–Crippen LogP) is 6.81. The predicted molar refractivity (Wildman–Crippen MR) is 139 cm³/mol. The molecule has 0 saturated heterocycles. The molecule has 4 aromatic carbocycles. The fourth-order valence-corrected chi connectivity index (χ4v) is 4.90. The van der Waals surface area contributed by atoms with Crippen molar-refractivity contribution in [2.75, 3.05) is 17.2 Å². The molecular formula is C28H23ClN4. The van der Waals surface area contributed by atoms with Crippen LogP contribution in [0.5, 0.6) is 0 Å². The van der Waals surface area contributed by atoms with E-state index in [1.165, 1.54) is 5.57 Å². The molecule has 4 nitrogen and oxygen atoms in total. The normalized spacial score (nSPS) is 16.9. The lowest BCUT2D eigenvalue weighted by Gasteiger charge is -2.30. The third-order valence-corrected chi connectivity index (χ3v) is 6.51. The van der Waals surface area contributed by atoms with Crippen LogP contribution in [0, 0.1) is 0 Å². The minimum atomic E-state index is -0.260. The number of anilines is 2. The molecule has 0 spiro atoms. The summed E-state index contributed by atoms with van der Waals surface area (Å²) in [6.45, 7) is 2.95. The maximum absolute atomic E-state index is 6.50. The lowest BCUT2D eigenvalue weighted by molar-refractivity contribution is 0.827. The Balaban J connectivity index is 1.48. The maximum atomic E-state index is 6.50. The van der Waals surface area contributed by atoms with Gasteiger partial charge < -0.3 is 16.0 Å². The molecule has 4 aromatic rings. The number of rotatable bonds is 2. The second-order valence-corrected chi connectivity index (χ2v) is 8.90. The molecule has 0 fully saturated rings. The quantitative estimate of drug-likeness (QED) is 0.314. The monoisotopic (exact) mass is 450 g/mol. The number of hydrogen-bond donors (Lipinski definition) is 3.